The number of benzene rings is 4. The fourth-order valence-corrected chi connectivity index (χ4v) is 3.79. The van der Waals surface area contributed by atoms with E-state index in [1.165, 1.54) is 0 Å². The lowest BCUT2D eigenvalue weighted by atomic mass is 9.93. The molecule has 0 heterocycles. The Morgan fingerprint density at radius 2 is 1.43 bits per heavy atom. The van der Waals surface area contributed by atoms with Crippen LogP contribution in [0, 0.1) is 0 Å². The number of hydrogen-bond acceptors (Lipinski definition) is 2. The van der Waals surface area contributed by atoms with Crippen LogP contribution in [0.4, 0.5) is 5.69 Å². The Morgan fingerprint density at radius 1 is 0.800 bits per heavy atom. The summed E-state index contributed by atoms with van der Waals surface area (Å²) in [6, 6.07) is 33.6. The molecule has 30 heavy (non-hydrogen) atoms. The first kappa shape index (κ1) is 19.5. The second-order valence-electron chi connectivity index (χ2n) is 7.24. The summed E-state index contributed by atoms with van der Waals surface area (Å²) in [5.41, 5.74) is 1.69. The lowest BCUT2D eigenvalue weighted by molar-refractivity contribution is 0.0910. The van der Waals surface area contributed by atoms with Gasteiger partial charge in [0.05, 0.1) is 0 Å². The van der Waals surface area contributed by atoms with Crippen LogP contribution in [0.3, 0.4) is 0 Å². The average Bonchev–Trinajstić information content (AvgIpc) is 2.80. The highest BCUT2D eigenvalue weighted by atomic mass is 16.2. The van der Waals surface area contributed by atoms with Crippen LogP contribution in [0.25, 0.3) is 10.8 Å². The highest BCUT2D eigenvalue weighted by Gasteiger charge is 2.33. The van der Waals surface area contributed by atoms with E-state index in [0.717, 1.165) is 22.0 Å². The highest BCUT2D eigenvalue weighted by Crippen LogP contribution is 2.29. The molecule has 1 unspecified atom stereocenters. The van der Waals surface area contributed by atoms with E-state index < -0.39 is 5.66 Å². The molecule has 148 valence electrons. The maximum atomic E-state index is 13.5. The summed E-state index contributed by atoms with van der Waals surface area (Å²) >= 11 is 0. The number of hydrogen-bond donors (Lipinski definition) is 2. The number of amides is 1. The van der Waals surface area contributed by atoms with Crippen molar-refractivity contribution >= 4 is 22.4 Å². The molecule has 0 spiro atoms. The van der Waals surface area contributed by atoms with E-state index in [1.807, 2.05) is 109 Å². The summed E-state index contributed by atoms with van der Waals surface area (Å²) in [6.45, 7) is 3.95. The second-order valence-corrected chi connectivity index (χ2v) is 7.24. The van der Waals surface area contributed by atoms with Crippen molar-refractivity contribution in [2.24, 2.45) is 0 Å². The third-order valence-electron chi connectivity index (χ3n) is 5.21. The van der Waals surface area contributed by atoms with Gasteiger partial charge in [-0.25, -0.2) is 0 Å². The first-order valence-corrected chi connectivity index (χ1v) is 10.0. The topological polar surface area (TPSA) is 41.1 Å². The van der Waals surface area contributed by atoms with Crippen LogP contribution < -0.4 is 10.6 Å². The van der Waals surface area contributed by atoms with E-state index >= 15 is 0 Å². The Balaban J connectivity index is 1.79. The quantitative estimate of drug-likeness (QED) is 0.294. The van der Waals surface area contributed by atoms with Crippen molar-refractivity contribution in [3.63, 3.8) is 0 Å². The smallest absolute Gasteiger partial charge is 0.253 e. The SMILES string of the molecule is C=CCC(NC(=O)c1cccc2ccccc12)(Nc1ccccc1)c1ccccc1. The fraction of sp³-hybridized carbons (Fsp3) is 0.0741. The molecule has 1 atom stereocenters. The lowest BCUT2D eigenvalue weighted by Crippen LogP contribution is -2.51. The van der Waals surface area contributed by atoms with E-state index in [9.17, 15) is 4.79 Å². The van der Waals surface area contributed by atoms with Gasteiger partial charge in [-0.3, -0.25) is 4.79 Å². The molecule has 4 aromatic carbocycles. The molecule has 0 aliphatic heterocycles. The van der Waals surface area contributed by atoms with Crippen LogP contribution in [0.1, 0.15) is 22.3 Å². The third kappa shape index (κ3) is 3.96. The number of para-hydroxylation sites is 1. The molecule has 0 aliphatic rings. The minimum atomic E-state index is -0.835. The summed E-state index contributed by atoms with van der Waals surface area (Å²) in [5.74, 6) is -0.138. The van der Waals surface area contributed by atoms with Crippen LogP contribution in [0.2, 0.25) is 0 Å². The molecule has 4 rings (SSSR count). The van der Waals surface area contributed by atoms with E-state index in [-0.39, 0.29) is 5.91 Å². The molecule has 0 saturated heterocycles. The molecule has 4 aromatic rings. The van der Waals surface area contributed by atoms with Crippen LogP contribution in [-0.2, 0) is 5.66 Å². The molecular weight excluding hydrogens is 368 g/mol. The Kier molecular flexibility index (Phi) is 5.62. The van der Waals surface area contributed by atoms with E-state index in [2.05, 4.69) is 17.2 Å². The van der Waals surface area contributed by atoms with Crippen LogP contribution in [0.5, 0.6) is 0 Å². The second kappa shape index (κ2) is 8.66. The standard InChI is InChI=1S/C27H24N2O/c1-2-20-27(22-14-5-3-6-15-22,28-23-16-7-4-8-17-23)29-26(30)25-19-11-13-21-12-9-10-18-24(21)25/h2-19,28H,1,20H2,(H,29,30). The van der Waals surface area contributed by atoms with Gasteiger partial charge in [-0.15, -0.1) is 6.58 Å². The average molecular weight is 393 g/mol. The predicted molar refractivity (Wildman–Crippen MR) is 124 cm³/mol. The number of carbonyl (C=O) groups excluding carboxylic acids is 1. The van der Waals surface area contributed by atoms with Gasteiger partial charge in [0.1, 0.15) is 5.66 Å². The molecule has 0 bridgehead atoms. The van der Waals surface area contributed by atoms with Crippen LogP contribution in [-0.4, -0.2) is 5.91 Å². The Labute approximate surface area is 177 Å². The molecule has 0 aromatic heterocycles. The first-order valence-electron chi connectivity index (χ1n) is 10.0. The fourth-order valence-electron chi connectivity index (χ4n) is 3.79. The number of nitrogens with one attached hydrogen (secondary N) is 2. The monoisotopic (exact) mass is 392 g/mol. The van der Waals surface area contributed by atoms with Gasteiger partial charge < -0.3 is 10.6 Å². The molecular formula is C27H24N2O. The third-order valence-corrected chi connectivity index (χ3v) is 5.21. The predicted octanol–water partition coefficient (Wildman–Crippen LogP) is 6.11. The normalized spacial score (nSPS) is 12.7. The summed E-state index contributed by atoms with van der Waals surface area (Å²) < 4.78 is 0. The van der Waals surface area contributed by atoms with Gasteiger partial charge in [0, 0.05) is 17.7 Å². The molecule has 2 N–H and O–H groups in total. The minimum absolute atomic E-state index is 0.138. The van der Waals surface area contributed by atoms with Crippen molar-refractivity contribution in [2.45, 2.75) is 12.1 Å². The zero-order valence-corrected chi connectivity index (χ0v) is 16.7. The minimum Gasteiger partial charge on any atom is -0.359 e. The zero-order chi connectivity index (χ0) is 20.8. The molecule has 1 amide bonds. The molecule has 3 nitrogen and oxygen atoms in total. The maximum Gasteiger partial charge on any atom is 0.253 e. The van der Waals surface area contributed by atoms with Gasteiger partial charge >= 0.3 is 0 Å². The summed E-state index contributed by atoms with van der Waals surface area (Å²) in [7, 11) is 0. The lowest BCUT2D eigenvalue weighted by Gasteiger charge is -2.36. The van der Waals surface area contributed by atoms with Crippen LogP contribution in [0.15, 0.2) is 116 Å². The van der Waals surface area contributed by atoms with Crippen molar-refractivity contribution in [2.75, 3.05) is 5.32 Å². The largest absolute Gasteiger partial charge is 0.359 e. The summed E-state index contributed by atoms with van der Waals surface area (Å²) in [4.78, 5) is 13.5. The van der Waals surface area contributed by atoms with Gasteiger partial charge in [0.15, 0.2) is 0 Å². The maximum absolute atomic E-state index is 13.5. The van der Waals surface area contributed by atoms with E-state index in [1.54, 1.807) is 0 Å². The van der Waals surface area contributed by atoms with Crippen molar-refractivity contribution in [1.29, 1.82) is 0 Å². The van der Waals surface area contributed by atoms with Crippen molar-refractivity contribution in [3.05, 3.63) is 127 Å². The van der Waals surface area contributed by atoms with Gasteiger partial charge in [-0.05, 0) is 34.5 Å². The van der Waals surface area contributed by atoms with Crippen LogP contribution >= 0.6 is 0 Å². The van der Waals surface area contributed by atoms with Gasteiger partial charge in [-0.2, -0.15) is 0 Å². The van der Waals surface area contributed by atoms with Crippen molar-refractivity contribution in [3.8, 4) is 0 Å². The molecule has 0 aliphatic carbocycles. The summed E-state index contributed by atoms with van der Waals surface area (Å²) in [6.07, 6.45) is 2.34. The number of fused-ring (bicyclic) bond motifs is 1. The highest BCUT2D eigenvalue weighted by molar-refractivity contribution is 6.07. The molecule has 0 fully saturated rings. The van der Waals surface area contributed by atoms with E-state index in [4.69, 9.17) is 0 Å². The number of anilines is 1. The van der Waals surface area contributed by atoms with Crippen molar-refractivity contribution in [1.82, 2.24) is 5.32 Å². The first-order chi connectivity index (χ1) is 14.7. The Hall–Kier alpha value is -3.85. The molecule has 0 radical (unpaired) electrons. The number of carbonyl (C=O) groups is 1. The number of rotatable bonds is 7. The van der Waals surface area contributed by atoms with Gasteiger partial charge in [-0.1, -0.05) is 91.0 Å². The zero-order valence-electron chi connectivity index (χ0n) is 16.7. The molecule has 3 heteroatoms. The Morgan fingerprint density at radius 3 is 2.17 bits per heavy atom. The van der Waals surface area contributed by atoms with E-state index in [0.29, 0.717) is 12.0 Å². The molecule has 0 saturated carbocycles. The Bertz CT molecular complexity index is 1150. The van der Waals surface area contributed by atoms with Gasteiger partial charge in [0.2, 0.25) is 0 Å². The van der Waals surface area contributed by atoms with Crippen molar-refractivity contribution < 1.29 is 4.79 Å². The van der Waals surface area contributed by atoms with Gasteiger partial charge in [0.25, 0.3) is 5.91 Å². The summed E-state index contributed by atoms with van der Waals surface area (Å²) in [5, 5.41) is 8.80.